The van der Waals surface area contributed by atoms with Crippen LogP contribution in [0, 0.1) is 11.7 Å². The van der Waals surface area contributed by atoms with Crippen molar-refractivity contribution in [3.8, 4) is 16.9 Å². The lowest BCUT2D eigenvalue weighted by Crippen LogP contribution is -2.13. The van der Waals surface area contributed by atoms with Crippen molar-refractivity contribution in [2.45, 2.75) is 64.2 Å². The van der Waals surface area contributed by atoms with Gasteiger partial charge in [-0.2, -0.15) is 0 Å². The van der Waals surface area contributed by atoms with Gasteiger partial charge in [0.2, 0.25) is 0 Å². The van der Waals surface area contributed by atoms with Gasteiger partial charge in [-0.25, -0.2) is 9.18 Å². The fraction of sp³-hybridized carbons (Fsp3) is 0.367. The lowest BCUT2D eigenvalue weighted by Gasteiger charge is -2.29. The topological polar surface area (TPSA) is 26.3 Å². The minimum Gasteiger partial charge on any atom is -0.423 e. The summed E-state index contributed by atoms with van der Waals surface area (Å²) in [6.45, 7) is 2.27. The number of halogens is 2. The van der Waals surface area contributed by atoms with Crippen LogP contribution in [-0.4, -0.2) is 5.97 Å². The van der Waals surface area contributed by atoms with Crippen molar-refractivity contribution >= 4 is 17.6 Å². The molecule has 1 fully saturated rings. The summed E-state index contributed by atoms with van der Waals surface area (Å²) in [5, 5.41) is -0.0795. The SMILES string of the molecule is CCCCCC1CCC(c2ccc(-c3ccc(C(=O)Oc4ccc(F)c(Cl)c4)cc3)cc2)CC1. The van der Waals surface area contributed by atoms with Crippen LogP contribution in [0.5, 0.6) is 5.75 Å². The fourth-order valence-electron chi connectivity index (χ4n) is 4.92. The summed E-state index contributed by atoms with van der Waals surface area (Å²) >= 11 is 5.76. The average Bonchev–Trinajstić information content (AvgIpc) is 2.87. The molecule has 3 aromatic rings. The fourth-order valence-corrected chi connectivity index (χ4v) is 5.09. The van der Waals surface area contributed by atoms with Gasteiger partial charge in [0, 0.05) is 6.07 Å². The normalized spacial score (nSPS) is 18.0. The Morgan fingerprint density at radius 1 is 0.912 bits per heavy atom. The largest absolute Gasteiger partial charge is 0.423 e. The first kappa shape index (κ1) is 24.5. The number of benzene rings is 3. The Balaban J connectivity index is 1.33. The van der Waals surface area contributed by atoms with E-state index in [4.69, 9.17) is 16.3 Å². The molecule has 4 rings (SSSR count). The van der Waals surface area contributed by atoms with Crippen LogP contribution >= 0.6 is 11.6 Å². The van der Waals surface area contributed by atoms with Gasteiger partial charge in [-0.15, -0.1) is 0 Å². The van der Waals surface area contributed by atoms with Crippen LogP contribution in [0.4, 0.5) is 4.39 Å². The predicted molar refractivity (Wildman–Crippen MR) is 137 cm³/mol. The van der Waals surface area contributed by atoms with Gasteiger partial charge < -0.3 is 4.74 Å². The van der Waals surface area contributed by atoms with E-state index in [0.717, 1.165) is 17.0 Å². The average molecular weight is 479 g/mol. The van der Waals surface area contributed by atoms with Gasteiger partial charge >= 0.3 is 5.97 Å². The second-order valence-corrected chi connectivity index (χ2v) is 9.79. The van der Waals surface area contributed by atoms with E-state index in [2.05, 4.69) is 31.2 Å². The number of rotatable bonds is 8. The van der Waals surface area contributed by atoms with E-state index >= 15 is 0 Å². The summed E-state index contributed by atoms with van der Waals surface area (Å²) in [6, 6.07) is 20.1. The molecule has 2 nitrogen and oxygen atoms in total. The molecule has 1 saturated carbocycles. The van der Waals surface area contributed by atoms with E-state index < -0.39 is 11.8 Å². The van der Waals surface area contributed by atoms with Gasteiger partial charge in [-0.05, 0) is 78.5 Å². The van der Waals surface area contributed by atoms with E-state index in [1.807, 2.05) is 12.1 Å². The summed E-state index contributed by atoms with van der Waals surface area (Å²) in [5.74, 6) is 0.758. The zero-order chi connectivity index (χ0) is 23.9. The molecule has 0 saturated heterocycles. The van der Waals surface area contributed by atoms with Gasteiger partial charge in [0.25, 0.3) is 0 Å². The monoisotopic (exact) mass is 478 g/mol. The molecule has 4 heteroatoms. The summed E-state index contributed by atoms with van der Waals surface area (Å²) in [7, 11) is 0. The minimum atomic E-state index is -0.549. The van der Waals surface area contributed by atoms with Crippen LogP contribution in [0.15, 0.2) is 66.7 Å². The van der Waals surface area contributed by atoms with Gasteiger partial charge in [-0.3, -0.25) is 0 Å². The van der Waals surface area contributed by atoms with E-state index in [0.29, 0.717) is 11.5 Å². The molecule has 178 valence electrons. The molecule has 0 amide bonds. The van der Waals surface area contributed by atoms with Gasteiger partial charge in [0.15, 0.2) is 0 Å². The first-order chi connectivity index (χ1) is 16.5. The molecule has 1 aliphatic carbocycles. The molecule has 0 heterocycles. The number of ether oxygens (including phenoxy) is 1. The van der Waals surface area contributed by atoms with Crippen LogP contribution in [0.2, 0.25) is 5.02 Å². The minimum absolute atomic E-state index is 0.0795. The maximum absolute atomic E-state index is 13.3. The van der Waals surface area contributed by atoms with Crippen molar-refractivity contribution in [3.05, 3.63) is 88.7 Å². The van der Waals surface area contributed by atoms with Crippen LogP contribution in [0.3, 0.4) is 0 Å². The van der Waals surface area contributed by atoms with E-state index in [-0.39, 0.29) is 10.8 Å². The second-order valence-electron chi connectivity index (χ2n) is 9.38. The Labute approximate surface area is 207 Å². The molecule has 3 aromatic carbocycles. The van der Waals surface area contributed by atoms with Crippen LogP contribution in [0.25, 0.3) is 11.1 Å². The summed E-state index contributed by atoms with van der Waals surface area (Å²) in [5.41, 5.74) is 4.04. The number of carbonyl (C=O) groups excluding carboxylic acids is 1. The highest BCUT2D eigenvalue weighted by atomic mass is 35.5. The van der Waals surface area contributed by atoms with Crippen molar-refractivity contribution in [2.75, 3.05) is 0 Å². The van der Waals surface area contributed by atoms with E-state index in [1.165, 1.54) is 75.1 Å². The molecule has 0 atom stereocenters. The third-order valence-corrected chi connectivity index (χ3v) is 7.29. The zero-order valence-electron chi connectivity index (χ0n) is 19.7. The number of hydrogen-bond acceptors (Lipinski definition) is 2. The van der Waals surface area contributed by atoms with E-state index in [9.17, 15) is 9.18 Å². The molecular formula is C30H32ClFO2. The third-order valence-electron chi connectivity index (χ3n) is 7.00. The second kappa shape index (κ2) is 11.7. The predicted octanol–water partition coefficient (Wildman–Crippen LogP) is 9.22. The Kier molecular flexibility index (Phi) is 8.39. The Morgan fingerprint density at radius 2 is 1.56 bits per heavy atom. The zero-order valence-corrected chi connectivity index (χ0v) is 20.5. The van der Waals surface area contributed by atoms with E-state index in [1.54, 1.807) is 12.1 Å². The van der Waals surface area contributed by atoms with Crippen molar-refractivity contribution in [3.63, 3.8) is 0 Å². The maximum Gasteiger partial charge on any atom is 0.343 e. The van der Waals surface area contributed by atoms with Crippen molar-refractivity contribution < 1.29 is 13.9 Å². The summed E-state index contributed by atoms with van der Waals surface area (Å²) in [4.78, 5) is 12.4. The van der Waals surface area contributed by atoms with Gasteiger partial charge in [0.1, 0.15) is 11.6 Å². The standard InChI is InChI=1S/C30H32ClFO2/c1-2-3-4-5-21-6-8-22(9-7-21)23-10-12-24(13-11-23)25-14-16-26(17-15-25)30(33)34-27-18-19-29(32)28(31)20-27/h10-22H,2-9H2,1H3. The molecule has 0 bridgehead atoms. The first-order valence-electron chi connectivity index (χ1n) is 12.4. The highest BCUT2D eigenvalue weighted by molar-refractivity contribution is 6.30. The summed E-state index contributed by atoms with van der Waals surface area (Å²) < 4.78 is 18.6. The number of hydrogen-bond donors (Lipinski definition) is 0. The Morgan fingerprint density at radius 3 is 2.18 bits per heavy atom. The van der Waals surface area contributed by atoms with Crippen LogP contribution in [-0.2, 0) is 0 Å². The molecule has 0 unspecified atom stereocenters. The molecule has 34 heavy (non-hydrogen) atoms. The van der Waals surface area contributed by atoms with Crippen LogP contribution in [0.1, 0.15) is 80.1 Å². The molecule has 0 spiro atoms. The summed E-state index contributed by atoms with van der Waals surface area (Å²) in [6.07, 6.45) is 10.8. The molecule has 0 aliphatic heterocycles. The molecular weight excluding hydrogens is 447 g/mol. The smallest absolute Gasteiger partial charge is 0.343 e. The molecule has 0 N–H and O–H groups in total. The van der Waals surface area contributed by atoms with Crippen molar-refractivity contribution in [2.24, 2.45) is 5.92 Å². The first-order valence-corrected chi connectivity index (χ1v) is 12.8. The third kappa shape index (κ3) is 6.27. The Bertz CT molecular complexity index is 1080. The molecule has 1 aliphatic rings. The molecule has 0 radical (unpaired) electrons. The Hall–Kier alpha value is -2.65. The highest BCUT2D eigenvalue weighted by Crippen LogP contribution is 2.38. The van der Waals surface area contributed by atoms with Crippen LogP contribution < -0.4 is 4.74 Å². The van der Waals surface area contributed by atoms with Gasteiger partial charge in [0.05, 0.1) is 10.6 Å². The lowest BCUT2D eigenvalue weighted by molar-refractivity contribution is 0.0734. The van der Waals surface area contributed by atoms with Crippen molar-refractivity contribution in [1.29, 1.82) is 0 Å². The number of unbranched alkanes of at least 4 members (excludes halogenated alkanes) is 2. The molecule has 0 aromatic heterocycles. The number of carbonyl (C=O) groups is 1. The maximum atomic E-state index is 13.3. The van der Waals surface area contributed by atoms with Gasteiger partial charge in [-0.1, -0.05) is 80.6 Å². The van der Waals surface area contributed by atoms with Crippen molar-refractivity contribution in [1.82, 2.24) is 0 Å². The lowest BCUT2D eigenvalue weighted by atomic mass is 9.77. The highest BCUT2D eigenvalue weighted by Gasteiger charge is 2.22. The quantitative estimate of drug-likeness (QED) is 0.183. The number of esters is 1.